The Balaban J connectivity index is 1.71. The van der Waals surface area contributed by atoms with Gasteiger partial charge in [0, 0.05) is 26.6 Å². The predicted octanol–water partition coefficient (Wildman–Crippen LogP) is 5.31. The highest BCUT2D eigenvalue weighted by molar-refractivity contribution is 9.10. The summed E-state index contributed by atoms with van der Waals surface area (Å²) in [6, 6.07) is 17.8. The number of fused-ring (bicyclic) bond motifs is 1. The number of nitrogens with zero attached hydrogens (tertiary/aromatic N) is 1. The van der Waals surface area contributed by atoms with Gasteiger partial charge in [0.05, 0.1) is 11.9 Å². The number of hydrazone groups is 1. The van der Waals surface area contributed by atoms with Crippen LogP contribution in [0.15, 0.2) is 64.2 Å². The fourth-order valence-corrected chi connectivity index (χ4v) is 3.70. The second-order valence-electron chi connectivity index (χ2n) is 6.68. The maximum atomic E-state index is 12.9. The minimum absolute atomic E-state index is 0.289. The summed E-state index contributed by atoms with van der Waals surface area (Å²) in [6.07, 6.45) is 1.63. The molecule has 0 atom stereocenters. The molecule has 2 heterocycles. The SMILES string of the molecule is Cc1cc(C)c(/C=N/NC(=O)c2[nH]c3ccc(Br)cc3c2-c2ccccc2)[nH]1. The van der Waals surface area contributed by atoms with Crippen LogP contribution < -0.4 is 5.43 Å². The molecule has 0 bridgehead atoms. The van der Waals surface area contributed by atoms with Crippen LogP contribution in [-0.4, -0.2) is 22.1 Å². The van der Waals surface area contributed by atoms with E-state index in [1.54, 1.807) is 6.21 Å². The smallest absolute Gasteiger partial charge is 0.288 e. The molecule has 0 aliphatic carbocycles. The lowest BCUT2D eigenvalue weighted by Crippen LogP contribution is -2.19. The van der Waals surface area contributed by atoms with Crippen molar-refractivity contribution in [1.82, 2.24) is 15.4 Å². The van der Waals surface area contributed by atoms with Crippen LogP contribution in [0.4, 0.5) is 0 Å². The third kappa shape index (κ3) is 3.51. The summed E-state index contributed by atoms with van der Waals surface area (Å²) in [7, 11) is 0. The molecule has 1 amide bonds. The first kappa shape index (κ1) is 18.3. The predicted molar refractivity (Wildman–Crippen MR) is 117 cm³/mol. The number of aryl methyl sites for hydroxylation is 2. The molecule has 3 N–H and O–H groups in total. The molecule has 4 aromatic rings. The van der Waals surface area contributed by atoms with Gasteiger partial charge in [0.25, 0.3) is 5.91 Å². The molecule has 0 fully saturated rings. The molecule has 28 heavy (non-hydrogen) atoms. The summed E-state index contributed by atoms with van der Waals surface area (Å²) in [5, 5.41) is 5.11. The van der Waals surface area contributed by atoms with Crippen molar-refractivity contribution in [2.75, 3.05) is 0 Å². The zero-order valence-corrected chi connectivity index (χ0v) is 17.1. The minimum atomic E-state index is -0.289. The molecule has 0 spiro atoms. The van der Waals surface area contributed by atoms with Crippen LogP contribution in [0.5, 0.6) is 0 Å². The number of amides is 1. The van der Waals surface area contributed by atoms with Crippen molar-refractivity contribution >= 4 is 39.0 Å². The Hall–Kier alpha value is -3.12. The quantitative estimate of drug-likeness (QED) is 0.295. The highest BCUT2D eigenvalue weighted by Crippen LogP contribution is 2.34. The molecule has 0 unspecified atom stereocenters. The number of rotatable bonds is 4. The monoisotopic (exact) mass is 434 g/mol. The third-order valence-electron chi connectivity index (χ3n) is 4.60. The van der Waals surface area contributed by atoms with Crippen molar-refractivity contribution in [1.29, 1.82) is 0 Å². The van der Waals surface area contributed by atoms with Gasteiger partial charge in [-0.1, -0.05) is 46.3 Å². The number of aromatic nitrogens is 2. The molecule has 0 radical (unpaired) electrons. The molecule has 6 heteroatoms. The molecule has 0 saturated carbocycles. The van der Waals surface area contributed by atoms with Gasteiger partial charge in [-0.3, -0.25) is 4.79 Å². The van der Waals surface area contributed by atoms with Crippen molar-refractivity contribution in [3.8, 4) is 11.1 Å². The maximum Gasteiger partial charge on any atom is 0.288 e. The zero-order chi connectivity index (χ0) is 19.7. The topological polar surface area (TPSA) is 73.0 Å². The number of H-pyrrole nitrogens is 2. The molecule has 0 saturated heterocycles. The number of hydrogen-bond donors (Lipinski definition) is 3. The Bertz CT molecular complexity index is 1190. The van der Waals surface area contributed by atoms with Gasteiger partial charge in [-0.25, -0.2) is 5.43 Å². The Labute approximate surface area is 171 Å². The molecule has 4 rings (SSSR count). The van der Waals surface area contributed by atoms with E-state index >= 15 is 0 Å². The van der Waals surface area contributed by atoms with E-state index in [1.165, 1.54) is 0 Å². The van der Waals surface area contributed by atoms with Gasteiger partial charge in [0.2, 0.25) is 0 Å². The van der Waals surface area contributed by atoms with E-state index in [0.29, 0.717) is 5.69 Å². The Morgan fingerprint density at radius 2 is 1.86 bits per heavy atom. The van der Waals surface area contributed by atoms with Crippen LogP contribution >= 0.6 is 15.9 Å². The van der Waals surface area contributed by atoms with Crippen LogP contribution in [-0.2, 0) is 0 Å². The highest BCUT2D eigenvalue weighted by atomic mass is 79.9. The Morgan fingerprint density at radius 1 is 1.07 bits per heavy atom. The van der Waals surface area contributed by atoms with Crippen LogP contribution in [0.1, 0.15) is 27.4 Å². The van der Waals surface area contributed by atoms with Crippen molar-refractivity contribution < 1.29 is 4.79 Å². The van der Waals surface area contributed by atoms with Crippen LogP contribution in [0.2, 0.25) is 0 Å². The summed E-state index contributed by atoms with van der Waals surface area (Å²) >= 11 is 3.52. The van der Waals surface area contributed by atoms with E-state index in [1.807, 2.05) is 68.4 Å². The van der Waals surface area contributed by atoms with Crippen molar-refractivity contribution in [2.24, 2.45) is 5.10 Å². The number of nitrogens with one attached hydrogen (secondary N) is 3. The Kier molecular flexibility index (Phi) is 4.88. The van der Waals surface area contributed by atoms with Crippen LogP contribution in [0, 0.1) is 13.8 Å². The summed E-state index contributed by atoms with van der Waals surface area (Å²) in [5.74, 6) is -0.289. The number of carbonyl (C=O) groups excluding carboxylic acids is 1. The normalized spacial score (nSPS) is 11.4. The average Bonchev–Trinajstić information content (AvgIpc) is 3.21. The van der Waals surface area contributed by atoms with Gasteiger partial charge < -0.3 is 9.97 Å². The van der Waals surface area contributed by atoms with E-state index in [9.17, 15) is 4.79 Å². The molecular weight excluding hydrogens is 416 g/mol. The van der Waals surface area contributed by atoms with Gasteiger partial charge >= 0.3 is 0 Å². The second kappa shape index (κ2) is 7.48. The lowest BCUT2D eigenvalue weighted by Gasteiger charge is -2.04. The number of benzene rings is 2. The van der Waals surface area contributed by atoms with E-state index in [0.717, 1.165) is 43.5 Å². The Morgan fingerprint density at radius 3 is 2.57 bits per heavy atom. The van der Waals surface area contributed by atoms with Gasteiger partial charge in [-0.2, -0.15) is 5.10 Å². The summed E-state index contributed by atoms with van der Waals surface area (Å²) in [4.78, 5) is 19.3. The van der Waals surface area contributed by atoms with E-state index in [4.69, 9.17) is 0 Å². The highest BCUT2D eigenvalue weighted by Gasteiger charge is 2.19. The van der Waals surface area contributed by atoms with E-state index in [2.05, 4.69) is 36.4 Å². The molecule has 0 aliphatic heterocycles. The van der Waals surface area contributed by atoms with E-state index < -0.39 is 0 Å². The lowest BCUT2D eigenvalue weighted by molar-refractivity contribution is 0.0951. The molecule has 0 aliphatic rings. The molecule has 2 aromatic heterocycles. The summed E-state index contributed by atoms with van der Waals surface area (Å²) in [6.45, 7) is 3.98. The number of hydrogen-bond acceptors (Lipinski definition) is 2. The summed E-state index contributed by atoms with van der Waals surface area (Å²) < 4.78 is 0.957. The third-order valence-corrected chi connectivity index (χ3v) is 5.09. The minimum Gasteiger partial charge on any atom is -0.358 e. The standard InChI is InChI=1S/C22H19BrN4O/c1-13-10-14(2)25-19(13)12-24-27-22(28)21-20(15-6-4-3-5-7-15)17-11-16(23)8-9-18(17)26-21/h3-12,25-26H,1-2H3,(H,27,28)/b24-12+. The molecule has 140 valence electrons. The number of aromatic amines is 2. The van der Waals surface area contributed by atoms with Gasteiger partial charge in [-0.05, 0) is 49.2 Å². The van der Waals surface area contributed by atoms with Crippen LogP contribution in [0.25, 0.3) is 22.0 Å². The molecular formula is C22H19BrN4O. The molecule has 5 nitrogen and oxygen atoms in total. The summed E-state index contributed by atoms with van der Waals surface area (Å²) in [5.41, 5.74) is 8.85. The first-order valence-corrected chi connectivity index (χ1v) is 9.68. The van der Waals surface area contributed by atoms with Crippen molar-refractivity contribution in [2.45, 2.75) is 13.8 Å². The van der Waals surface area contributed by atoms with Gasteiger partial charge in [-0.15, -0.1) is 0 Å². The number of carbonyl (C=O) groups is 1. The fourth-order valence-electron chi connectivity index (χ4n) is 3.33. The average molecular weight is 435 g/mol. The second-order valence-corrected chi connectivity index (χ2v) is 7.59. The van der Waals surface area contributed by atoms with Gasteiger partial charge in [0.15, 0.2) is 0 Å². The maximum absolute atomic E-state index is 12.9. The zero-order valence-electron chi connectivity index (χ0n) is 15.5. The fraction of sp³-hybridized carbons (Fsp3) is 0.0909. The molecule has 2 aromatic carbocycles. The van der Waals surface area contributed by atoms with Gasteiger partial charge in [0.1, 0.15) is 5.69 Å². The number of halogens is 1. The first-order chi connectivity index (χ1) is 13.5. The van der Waals surface area contributed by atoms with Crippen molar-refractivity contribution in [3.05, 3.63) is 81.7 Å². The lowest BCUT2D eigenvalue weighted by atomic mass is 10.0. The van der Waals surface area contributed by atoms with Crippen LogP contribution in [0.3, 0.4) is 0 Å². The van der Waals surface area contributed by atoms with E-state index in [-0.39, 0.29) is 5.91 Å². The van der Waals surface area contributed by atoms with Crippen molar-refractivity contribution in [3.63, 3.8) is 0 Å². The largest absolute Gasteiger partial charge is 0.358 e. The first-order valence-electron chi connectivity index (χ1n) is 8.89.